The quantitative estimate of drug-likeness (QED) is 0.718. The fourth-order valence-electron chi connectivity index (χ4n) is 0.937. The van der Waals surface area contributed by atoms with E-state index in [0.29, 0.717) is 6.54 Å². The summed E-state index contributed by atoms with van der Waals surface area (Å²) in [5, 5.41) is 20.3. The third-order valence-corrected chi connectivity index (χ3v) is 2.58. The average molecular weight is 198 g/mol. The minimum absolute atomic E-state index is 0.301. The van der Waals surface area contributed by atoms with Crippen LogP contribution < -0.4 is 5.32 Å². The normalized spacial score (nSPS) is 14.4. The molecule has 0 saturated heterocycles. The highest BCUT2D eigenvalue weighted by molar-refractivity contribution is 4.95. The summed E-state index contributed by atoms with van der Waals surface area (Å²) in [7, 11) is 1.85. The van der Waals surface area contributed by atoms with Crippen molar-refractivity contribution in [1.29, 1.82) is 0 Å². The maximum Gasteiger partial charge on any atom is 0.0738 e. The number of aryl methyl sites for hydroxylation is 1. The van der Waals surface area contributed by atoms with E-state index < -0.39 is 6.10 Å². The molecular weight excluding hydrogens is 180 g/mol. The SMILES string of the molecule is CC(O)C(C)(C)NCc1cnnn1C. The van der Waals surface area contributed by atoms with Crippen molar-refractivity contribution in [3.63, 3.8) is 0 Å². The lowest BCUT2D eigenvalue weighted by molar-refractivity contribution is 0.0952. The topological polar surface area (TPSA) is 63.0 Å². The van der Waals surface area contributed by atoms with E-state index in [0.717, 1.165) is 5.69 Å². The molecule has 0 amide bonds. The predicted octanol–water partition coefficient (Wildman–Crippen LogP) is 0.0641. The van der Waals surface area contributed by atoms with E-state index in [1.165, 1.54) is 0 Å². The molecule has 0 aromatic carbocycles. The molecular formula is C9H18N4O. The highest BCUT2D eigenvalue weighted by Gasteiger charge is 2.23. The molecule has 0 aliphatic carbocycles. The van der Waals surface area contributed by atoms with Crippen LogP contribution in [-0.4, -0.2) is 31.7 Å². The van der Waals surface area contributed by atoms with Crippen LogP contribution in [0.2, 0.25) is 0 Å². The Kier molecular flexibility index (Phi) is 3.23. The van der Waals surface area contributed by atoms with Gasteiger partial charge >= 0.3 is 0 Å². The molecule has 0 aliphatic rings. The van der Waals surface area contributed by atoms with Crippen LogP contribution in [0.15, 0.2) is 6.20 Å². The minimum Gasteiger partial charge on any atom is -0.392 e. The second-order valence-electron chi connectivity index (χ2n) is 4.10. The van der Waals surface area contributed by atoms with Gasteiger partial charge in [0.05, 0.1) is 18.0 Å². The van der Waals surface area contributed by atoms with E-state index in [1.807, 2.05) is 20.9 Å². The Labute approximate surface area is 84.1 Å². The molecule has 0 radical (unpaired) electrons. The van der Waals surface area contributed by atoms with Crippen LogP contribution in [0, 0.1) is 0 Å². The Balaban J connectivity index is 2.53. The lowest BCUT2D eigenvalue weighted by Crippen LogP contribution is -2.47. The molecule has 1 heterocycles. The zero-order chi connectivity index (χ0) is 10.8. The van der Waals surface area contributed by atoms with Gasteiger partial charge < -0.3 is 10.4 Å². The van der Waals surface area contributed by atoms with Gasteiger partial charge in [0.2, 0.25) is 0 Å². The Morgan fingerprint density at radius 2 is 2.29 bits per heavy atom. The largest absolute Gasteiger partial charge is 0.392 e. The zero-order valence-electron chi connectivity index (χ0n) is 9.15. The number of hydrogen-bond acceptors (Lipinski definition) is 4. The number of aliphatic hydroxyl groups excluding tert-OH is 1. The van der Waals surface area contributed by atoms with E-state index >= 15 is 0 Å². The maximum absolute atomic E-state index is 9.48. The molecule has 1 atom stereocenters. The van der Waals surface area contributed by atoms with Gasteiger partial charge in [-0.3, -0.25) is 4.68 Å². The highest BCUT2D eigenvalue weighted by atomic mass is 16.3. The van der Waals surface area contributed by atoms with Gasteiger partial charge in [0.15, 0.2) is 0 Å². The van der Waals surface area contributed by atoms with Crippen molar-refractivity contribution in [2.45, 2.75) is 39.0 Å². The fraction of sp³-hybridized carbons (Fsp3) is 0.778. The molecule has 0 fully saturated rings. The van der Waals surface area contributed by atoms with Crippen LogP contribution in [0.1, 0.15) is 26.5 Å². The average Bonchev–Trinajstić information content (AvgIpc) is 2.47. The molecule has 0 bridgehead atoms. The number of nitrogens with one attached hydrogen (secondary N) is 1. The van der Waals surface area contributed by atoms with E-state index in [1.54, 1.807) is 17.8 Å². The Bertz CT molecular complexity index is 293. The first-order chi connectivity index (χ1) is 6.43. The standard InChI is InChI=1S/C9H18N4O/c1-7(14)9(2,3)10-5-8-6-11-12-13(8)4/h6-7,10,14H,5H2,1-4H3. The third-order valence-electron chi connectivity index (χ3n) is 2.58. The van der Waals surface area contributed by atoms with E-state index in [9.17, 15) is 5.11 Å². The molecule has 1 aromatic rings. The van der Waals surface area contributed by atoms with Crippen LogP contribution >= 0.6 is 0 Å². The molecule has 5 nitrogen and oxygen atoms in total. The van der Waals surface area contributed by atoms with Crippen LogP contribution in [0.25, 0.3) is 0 Å². The zero-order valence-corrected chi connectivity index (χ0v) is 9.15. The van der Waals surface area contributed by atoms with Crippen LogP contribution in [0.5, 0.6) is 0 Å². The summed E-state index contributed by atoms with van der Waals surface area (Å²) in [6, 6.07) is 0. The number of aromatic nitrogens is 3. The molecule has 5 heteroatoms. The Hall–Kier alpha value is -0.940. The Morgan fingerprint density at radius 3 is 2.71 bits per heavy atom. The van der Waals surface area contributed by atoms with Gasteiger partial charge in [-0.05, 0) is 20.8 Å². The van der Waals surface area contributed by atoms with Gasteiger partial charge in [-0.1, -0.05) is 5.21 Å². The second-order valence-corrected chi connectivity index (χ2v) is 4.10. The van der Waals surface area contributed by atoms with Crippen molar-refractivity contribution in [3.05, 3.63) is 11.9 Å². The molecule has 1 unspecified atom stereocenters. The van der Waals surface area contributed by atoms with Gasteiger partial charge in [0.25, 0.3) is 0 Å². The summed E-state index contributed by atoms with van der Waals surface area (Å²) < 4.78 is 1.71. The molecule has 2 N–H and O–H groups in total. The minimum atomic E-state index is -0.399. The summed E-state index contributed by atoms with van der Waals surface area (Å²) >= 11 is 0. The highest BCUT2D eigenvalue weighted by Crippen LogP contribution is 2.09. The first kappa shape index (κ1) is 11.1. The molecule has 0 aliphatic heterocycles. The second kappa shape index (κ2) is 4.06. The van der Waals surface area contributed by atoms with E-state index in [4.69, 9.17) is 0 Å². The molecule has 0 spiro atoms. The number of nitrogens with zero attached hydrogens (tertiary/aromatic N) is 3. The van der Waals surface area contributed by atoms with Crippen molar-refractivity contribution in [2.75, 3.05) is 0 Å². The van der Waals surface area contributed by atoms with Gasteiger partial charge in [-0.25, -0.2) is 0 Å². The van der Waals surface area contributed by atoms with Gasteiger partial charge in [0, 0.05) is 19.1 Å². The summed E-state index contributed by atoms with van der Waals surface area (Å²) in [6.45, 7) is 6.35. The summed E-state index contributed by atoms with van der Waals surface area (Å²) in [6.07, 6.45) is 1.31. The van der Waals surface area contributed by atoms with Crippen molar-refractivity contribution in [2.24, 2.45) is 7.05 Å². The lowest BCUT2D eigenvalue weighted by Gasteiger charge is -2.29. The summed E-state index contributed by atoms with van der Waals surface area (Å²) in [5.41, 5.74) is 0.698. The maximum atomic E-state index is 9.48. The number of aliphatic hydroxyl groups is 1. The van der Waals surface area contributed by atoms with Crippen molar-refractivity contribution >= 4 is 0 Å². The first-order valence-electron chi connectivity index (χ1n) is 4.70. The van der Waals surface area contributed by atoms with Gasteiger partial charge in [-0.15, -0.1) is 5.10 Å². The van der Waals surface area contributed by atoms with Crippen LogP contribution in [-0.2, 0) is 13.6 Å². The monoisotopic (exact) mass is 198 g/mol. The summed E-state index contributed by atoms with van der Waals surface area (Å²) in [5.74, 6) is 0. The lowest BCUT2D eigenvalue weighted by atomic mass is 9.99. The smallest absolute Gasteiger partial charge is 0.0738 e. The predicted molar refractivity (Wildman–Crippen MR) is 53.6 cm³/mol. The third kappa shape index (κ3) is 2.52. The van der Waals surface area contributed by atoms with Crippen molar-refractivity contribution < 1.29 is 5.11 Å². The molecule has 14 heavy (non-hydrogen) atoms. The van der Waals surface area contributed by atoms with Crippen molar-refractivity contribution in [1.82, 2.24) is 20.3 Å². The number of rotatable bonds is 4. The van der Waals surface area contributed by atoms with Crippen molar-refractivity contribution in [3.8, 4) is 0 Å². The van der Waals surface area contributed by atoms with Crippen LogP contribution in [0.4, 0.5) is 0 Å². The molecule has 1 aromatic heterocycles. The molecule has 1 rings (SSSR count). The summed E-state index contributed by atoms with van der Waals surface area (Å²) in [4.78, 5) is 0. The first-order valence-corrected chi connectivity index (χ1v) is 4.70. The molecule has 0 saturated carbocycles. The number of hydrogen-bond donors (Lipinski definition) is 2. The van der Waals surface area contributed by atoms with Gasteiger partial charge in [0.1, 0.15) is 0 Å². The molecule has 80 valence electrons. The Morgan fingerprint density at radius 1 is 1.64 bits per heavy atom. The van der Waals surface area contributed by atoms with Crippen LogP contribution in [0.3, 0.4) is 0 Å². The fourth-order valence-corrected chi connectivity index (χ4v) is 0.937. The van der Waals surface area contributed by atoms with E-state index in [-0.39, 0.29) is 5.54 Å². The van der Waals surface area contributed by atoms with E-state index in [2.05, 4.69) is 15.6 Å². The van der Waals surface area contributed by atoms with Gasteiger partial charge in [-0.2, -0.15) is 0 Å².